The Morgan fingerprint density at radius 2 is 1.70 bits per heavy atom. The lowest BCUT2D eigenvalue weighted by atomic mass is 10.2. The van der Waals surface area contributed by atoms with E-state index in [1.54, 1.807) is 14.2 Å². The molecular formula is C15H15Br2NO2. The molecule has 20 heavy (non-hydrogen) atoms. The van der Waals surface area contributed by atoms with Gasteiger partial charge in [-0.1, -0.05) is 6.07 Å². The highest BCUT2D eigenvalue weighted by atomic mass is 79.9. The highest BCUT2D eigenvalue weighted by Gasteiger charge is 2.08. The molecule has 2 aromatic carbocycles. The Bertz CT molecular complexity index is 582. The lowest BCUT2D eigenvalue weighted by Gasteiger charge is -2.14. The van der Waals surface area contributed by atoms with E-state index < -0.39 is 0 Å². The molecule has 0 fully saturated rings. The Balaban J connectivity index is 2.19. The second-order valence-electron chi connectivity index (χ2n) is 4.13. The van der Waals surface area contributed by atoms with Gasteiger partial charge in [-0.2, -0.15) is 0 Å². The van der Waals surface area contributed by atoms with Crippen LogP contribution < -0.4 is 14.8 Å². The predicted octanol–water partition coefficient (Wildman–Crippen LogP) is 4.84. The van der Waals surface area contributed by atoms with Gasteiger partial charge in [0.25, 0.3) is 0 Å². The van der Waals surface area contributed by atoms with Crippen molar-refractivity contribution >= 4 is 37.5 Å². The molecule has 0 heterocycles. The van der Waals surface area contributed by atoms with Gasteiger partial charge in [-0.25, -0.2) is 0 Å². The Kier molecular flexibility index (Phi) is 5.31. The molecule has 0 aliphatic heterocycles. The number of hydrogen-bond acceptors (Lipinski definition) is 3. The fourth-order valence-electron chi connectivity index (χ4n) is 1.85. The van der Waals surface area contributed by atoms with Crippen LogP contribution in [0.5, 0.6) is 11.5 Å². The summed E-state index contributed by atoms with van der Waals surface area (Å²) < 4.78 is 12.6. The first-order chi connectivity index (χ1) is 9.65. The van der Waals surface area contributed by atoms with Crippen molar-refractivity contribution in [3.05, 3.63) is 50.9 Å². The van der Waals surface area contributed by atoms with E-state index in [-0.39, 0.29) is 0 Å². The highest BCUT2D eigenvalue weighted by molar-refractivity contribution is 9.11. The third-order valence-electron chi connectivity index (χ3n) is 2.91. The highest BCUT2D eigenvalue weighted by Crippen LogP contribution is 2.32. The maximum absolute atomic E-state index is 5.39. The minimum absolute atomic E-state index is 0.661. The van der Waals surface area contributed by atoms with Crippen LogP contribution in [0, 0.1) is 0 Å². The third kappa shape index (κ3) is 3.46. The number of benzene rings is 2. The van der Waals surface area contributed by atoms with Crippen molar-refractivity contribution in [2.45, 2.75) is 6.54 Å². The molecule has 0 spiro atoms. The van der Waals surface area contributed by atoms with Gasteiger partial charge in [0, 0.05) is 27.1 Å². The zero-order valence-corrected chi connectivity index (χ0v) is 14.4. The number of hydrogen-bond donors (Lipinski definition) is 1. The van der Waals surface area contributed by atoms with Crippen LogP contribution in [0.1, 0.15) is 5.56 Å². The Labute approximate surface area is 135 Å². The Morgan fingerprint density at radius 1 is 1.00 bits per heavy atom. The molecule has 3 nitrogen and oxygen atoms in total. The summed E-state index contributed by atoms with van der Waals surface area (Å²) in [5.74, 6) is 1.59. The van der Waals surface area contributed by atoms with Crippen LogP contribution in [0.2, 0.25) is 0 Å². The van der Waals surface area contributed by atoms with E-state index in [4.69, 9.17) is 9.47 Å². The molecule has 2 aromatic rings. The van der Waals surface area contributed by atoms with E-state index in [2.05, 4.69) is 37.2 Å². The fourth-order valence-corrected chi connectivity index (χ4v) is 3.13. The van der Waals surface area contributed by atoms with Crippen molar-refractivity contribution in [3.8, 4) is 11.5 Å². The summed E-state index contributed by atoms with van der Waals surface area (Å²) in [6.07, 6.45) is 0. The van der Waals surface area contributed by atoms with Crippen LogP contribution in [0.25, 0.3) is 0 Å². The van der Waals surface area contributed by atoms with Crippen LogP contribution in [0.3, 0.4) is 0 Å². The summed E-state index contributed by atoms with van der Waals surface area (Å²) in [4.78, 5) is 0. The maximum Gasteiger partial charge on any atom is 0.127 e. The van der Waals surface area contributed by atoms with E-state index >= 15 is 0 Å². The van der Waals surface area contributed by atoms with E-state index in [0.29, 0.717) is 6.54 Å². The first kappa shape index (κ1) is 15.2. The standard InChI is InChI=1S/C15H15Br2NO2/c1-19-11-7-6-10(14(8-11)20-2)9-18-15-12(16)4-3-5-13(15)17/h3-8,18H,9H2,1-2H3. The molecule has 1 N–H and O–H groups in total. The lowest BCUT2D eigenvalue weighted by Crippen LogP contribution is -2.03. The van der Waals surface area contributed by atoms with Gasteiger partial charge >= 0.3 is 0 Å². The van der Waals surface area contributed by atoms with Crippen LogP contribution in [-0.4, -0.2) is 14.2 Å². The van der Waals surface area contributed by atoms with Crippen LogP contribution in [0.4, 0.5) is 5.69 Å². The van der Waals surface area contributed by atoms with Crippen molar-refractivity contribution < 1.29 is 9.47 Å². The summed E-state index contributed by atoms with van der Waals surface area (Å²) in [6.45, 7) is 0.661. The normalized spacial score (nSPS) is 10.2. The monoisotopic (exact) mass is 399 g/mol. The maximum atomic E-state index is 5.39. The SMILES string of the molecule is COc1ccc(CNc2c(Br)cccc2Br)c(OC)c1. The van der Waals surface area contributed by atoms with E-state index in [1.165, 1.54) is 0 Å². The molecule has 0 amide bonds. The van der Waals surface area contributed by atoms with Crippen LogP contribution in [-0.2, 0) is 6.54 Å². The van der Waals surface area contributed by atoms with Crippen LogP contribution in [0.15, 0.2) is 45.3 Å². The molecule has 0 saturated carbocycles. The summed E-state index contributed by atoms with van der Waals surface area (Å²) in [7, 11) is 3.30. The number of ether oxygens (including phenoxy) is 2. The van der Waals surface area contributed by atoms with Gasteiger partial charge in [0.1, 0.15) is 11.5 Å². The molecule has 0 aliphatic carbocycles. The summed E-state index contributed by atoms with van der Waals surface area (Å²) in [5.41, 5.74) is 2.08. The van der Waals surface area contributed by atoms with Gasteiger partial charge in [-0.3, -0.25) is 0 Å². The second kappa shape index (κ2) is 6.99. The minimum Gasteiger partial charge on any atom is -0.497 e. The van der Waals surface area contributed by atoms with Gasteiger partial charge in [-0.15, -0.1) is 0 Å². The van der Waals surface area contributed by atoms with Gasteiger partial charge in [0.05, 0.1) is 19.9 Å². The number of methoxy groups -OCH3 is 2. The second-order valence-corrected chi connectivity index (χ2v) is 5.84. The van der Waals surface area contributed by atoms with Crippen molar-refractivity contribution in [2.24, 2.45) is 0 Å². The molecular weight excluding hydrogens is 386 g/mol. The fraction of sp³-hybridized carbons (Fsp3) is 0.200. The largest absolute Gasteiger partial charge is 0.497 e. The average Bonchev–Trinajstić information content (AvgIpc) is 2.46. The topological polar surface area (TPSA) is 30.5 Å². The average molecular weight is 401 g/mol. The molecule has 0 radical (unpaired) electrons. The minimum atomic E-state index is 0.661. The third-order valence-corrected chi connectivity index (χ3v) is 4.23. The van der Waals surface area contributed by atoms with E-state index in [1.807, 2.05) is 36.4 Å². The first-order valence-electron chi connectivity index (χ1n) is 6.04. The molecule has 0 aliphatic rings. The van der Waals surface area contributed by atoms with Gasteiger partial charge in [0.15, 0.2) is 0 Å². The molecule has 0 unspecified atom stereocenters. The lowest BCUT2D eigenvalue weighted by molar-refractivity contribution is 0.391. The molecule has 0 atom stereocenters. The summed E-state index contributed by atoms with van der Waals surface area (Å²) >= 11 is 7.07. The van der Waals surface area contributed by atoms with Gasteiger partial charge in [0.2, 0.25) is 0 Å². The molecule has 0 bridgehead atoms. The van der Waals surface area contributed by atoms with Crippen molar-refractivity contribution in [2.75, 3.05) is 19.5 Å². The zero-order chi connectivity index (χ0) is 14.5. The quantitative estimate of drug-likeness (QED) is 0.778. The number of para-hydroxylation sites is 1. The molecule has 0 aromatic heterocycles. The van der Waals surface area contributed by atoms with Crippen LogP contribution >= 0.6 is 31.9 Å². The number of rotatable bonds is 5. The van der Waals surface area contributed by atoms with Crippen molar-refractivity contribution in [3.63, 3.8) is 0 Å². The molecule has 106 valence electrons. The number of halogens is 2. The van der Waals surface area contributed by atoms with E-state index in [9.17, 15) is 0 Å². The zero-order valence-electron chi connectivity index (χ0n) is 11.2. The smallest absolute Gasteiger partial charge is 0.127 e. The Hall–Kier alpha value is -1.20. The molecule has 5 heteroatoms. The summed E-state index contributed by atoms with van der Waals surface area (Å²) in [5, 5.41) is 3.40. The van der Waals surface area contributed by atoms with Gasteiger partial charge in [-0.05, 0) is 56.1 Å². The predicted molar refractivity (Wildman–Crippen MR) is 88.7 cm³/mol. The Morgan fingerprint density at radius 3 is 2.30 bits per heavy atom. The molecule has 0 saturated heterocycles. The first-order valence-corrected chi connectivity index (χ1v) is 7.63. The summed E-state index contributed by atoms with van der Waals surface area (Å²) in [6, 6.07) is 11.8. The van der Waals surface area contributed by atoms with Gasteiger partial charge < -0.3 is 14.8 Å². The van der Waals surface area contributed by atoms with E-state index in [0.717, 1.165) is 31.7 Å². The number of nitrogens with one attached hydrogen (secondary N) is 1. The molecule has 2 rings (SSSR count). The van der Waals surface area contributed by atoms with Crippen molar-refractivity contribution in [1.29, 1.82) is 0 Å². The van der Waals surface area contributed by atoms with Crippen molar-refractivity contribution in [1.82, 2.24) is 0 Å². The number of anilines is 1.